The fourth-order valence-electron chi connectivity index (χ4n) is 4.59. The molecule has 2 heterocycles. The number of carbonyl (C=O) groups excluding carboxylic acids is 2. The molecule has 0 bridgehead atoms. The number of nitrogens with zero attached hydrogens (tertiary/aromatic N) is 2. The third-order valence-corrected chi connectivity index (χ3v) is 5.76. The van der Waals surface area contributed by atoms with Gasteiger partial charge in [0.15, 0.2) is 0 Å². The first-order valence-electron chi connectivity index (χ1n) is 11.5. The van der Waals surface area contributed by atoms with Crippen molar-refractivity contribution in [3.8, 4) is 5.75 Å². The number of likely N-dealkylation sites (tertiary alicyclic amines) is 1. The van der Waals surface area contributed by atoms with Crippen molar-refractivity contribution in [2.75, 3.05) is 32.8 Å². The molecule has 170 valence electrons. The minimum Gasteiger partial charge on any atom is -0.494 e. The SMILES string of the molecule is CCOc1ccc(C2=C(N3CC(C)CC(C)C3)C(=O)N(CCCOC(C)C)C2=O)cc1. The number of imide groups is 1. The standard InChI is InChI=1S/C25H36N2O4/c1-6-30-21-10-8-20(9-11-21)22-23(26-15-18(4)14-19(5)16-26)25(29)27(24(22)28)12-7-13-31-17(2)3/h8-11,17-19H,6-7,12-16H2,1-5H3. The van der Waals surface area contributed by atoms with E-state index in [2.05, 4.69) is 18.7 Å². The van der Waals surface area contributed by atoms with E-state index in [0.717, 1.165) is 30.8 Å². The zero-order valence-corrected chi connectivity index (χ0v) is 19.5. The monoisotopic (exact) mass is 428 g/mol. The van der Waals surface area contributed by atoms with Crippen LogP contribution in [0.1, 0.15) is 53.0 Å². The Morgan fingerprint density at radius 2 is 1.68 bits per heavy atom. The van der Waals surface area contributed by atoms with E-state index in [1.54, 1.807) is 0 Å². The van der Waals surface area contributed by atoms with Gasteiger partial charge in [0.2, 0.25) is 0 Å². The summed E-state index contributed by atoms with van der Waals surface area (Å²) in [7, 11) is 0. The molecule has 2 amide bonds. The van der Waals surface area contributed by atoms with E-state index < -0.39 is 0 Å². The number of benzene rings is 1. The summed E-state index contributed by atoms with van der Waals surface area (Å²) < 4.78 is 11.1. The molecule has 2 atom stereocenters. The van der Waals surface area contributed by atoms with Crippen molar-refractivity contribution in [1.29, 1.82) is 0 Å². The predicted octanol–water partition coefficient (Wildman–Crippen LogP) is 3.96. The molecule has 0 radical (unpaired) electrons. The molecule has 31 heavy (non-hydrogen) atoms. The summed E-state index contributed by atoms with van der Waals surface area (Å²) in [4.78, 5) is 30.4. The lowest BCUT2D eigenvalue weighted by Crippen LogP contribution is -2.42. The van der Waals surface area contributed by atoms with Gasteiger partial charge in [-0.3, -0.25) is 14.5 Å². The summed E-state index contributed by atoms with van der Waals surface area (Å²) in [5.74, 6) is 1.33. The molecular formula is C25H36N2O4. The fraction of sp³-hybridized carbons (Fsp3) is 0.600. The van der Waals surface area contributed by atoms with Gasteiger partial charge in [0, 0.05) is 26.2 Å². The second kappa shape index (κ2) is 10.3. The predicted molar refractivity (Wildman–Crippen MR) is 121 cm³/mol. The van der Waals surface area contributed by atoms with Crippen molar-refractivity contribution >= 4 is 17.4 Å². The van der Waals surface area contributed by atoms with Crippen LogP contribution in [0.4, 0.5) is 0 Å². The lowest BCUT2D eigenvalue weighted by molar-refractivity contribution is -0.138. The van der Waals surface area contributed by atoms with Gasteiger partial charge in [0.25, 0.3) is 11.8 Å². The van der Waals surface area contributed by atoms with Crippen LogP contribution in [0, 0.1) is 11.8 Å². The van der Waals surface area contributed by atoms with E-state index in [1.807, 2.05) is 45.0 Å². The highest BCUT2D eigenvalue weighted by Crippen LogP contribution is 2.35. The maximum Gasteiger partial charge on any atom is 0.277 e. The Morgan fingerprint density at radius 3 is 2.26 bits per heavy atom. The Hall–Kier alpha value is -2.34. The lowest BCUT2D eigenvalue weighted by atomic mass is 9.91. The molecule has 0 N–H and O–H groups in total. The molecule has 2 unspecified atom stereocenters. The van der Waals surface area contributed by atoms with Crippen LogP contribution in [0.2, 0.25) is 0 Å². The summed E-state index contributed by atoms with van der Waals surface area (Å²) in [6.45, 7) is 13.4. The van der Waals surface area contributed by atoms with Crippen LogP contribution in [0.5, 0.6) is 5.75 Å². The Balaban J connectivity index is 1.90. The van der Waals surface area contributed by atoms with E-state index in [9.17, 15) is 9.59 Å². The first-order valence-corrected chi connectivity index (χ1v) is 11.5. The third-order valence-electron chi connectivity index (χ3n) is 5.76. The molecule has 2 aliphatic heterocycles. The van der Waals surface area contributed by atoms with Gasteiger partial charge in [-0.15, -0.1) is 0 Å². The van der Waals surface area contributed by atoms with Crippen molar-refractivity contribution in [3.63, 3.8) is 0 Å². The number of amides is 2. The molecule has 6 heteroatoms. The quantitative estimate of drug-likeness (QED) is 0.440. The van der Waals surface area contributed by atoms with E-state index in [0.29, 0.717) is 49.3 Å². The van der Waals surface area contributed by atoms with Crippen LogP contribution in [-0.4, -0.2) is 60.6 Å². The molecule has 0 spiro atoms. The van der Waals surface area contributed by atoms with Crippen LogP contribution in [0.3, 0.4) is 0 Å². The van der Waals surface area contributed by atoms with Crippen molar-refractivity contribution in [3.05, 3.63) is 35.5 Å². The largest absolute Gasteiger partial charge is 0.494 e. The average molecular weight is 429 g/mol. The maximum absolute atomic E-state index is 13.4. The van der Waals surface area contributed by atoms with Gasteiger partial charge in [-0.25, -0.2) is 0 Å². The fourth-order valence-corrected chi connectivity index (χ4v) is 4.59. The third kappa shape index (κ3) is 5.48. The number of carbonyl (C=O) groups is 2. The second-order valence-corrected chi connectivity index (χ2v) is 9.07. The number of ether oxygens (including phenoxy) is 2. The van der Waals surface area contributed by atoms with E-state index in [4.69, 9.17) is 9.47 Å². The highest BCUT2D eigenvalue weighted by atomic mass is 16.5. The van der Waals surface area contributed by atoms with Crippen LogP contribution in [0.15, 0.2) is 30.0 Å². The van der Waals surface area contributed by atoms with Gasteiger partial charge in [-0.1, -0.05) is 26.0 Å². The molecular weight excluding hydrogens is 392 g/mol. The molecule has 1 fully saturated rings. The zero-order chi connectivity index (χ0) is 22.5. The topological polar surface area (TPSA) is 59.1 Å². The molecule has 6 nitrogen and oxygen atoms in total. The molecule has 1 aromatic rings. The number of hydrogen-bond acceptors (Lipinski definition) is 5. The summed E-state index contributed by atoms with van der Waals surface area (Å²) in [6.07, 6.45) is 1.90. The molecule has 0 saturated carbocycles. The minimum absolute atomic E-state index is 0.134. The van der Waals surface area contributed by atoms with Gasteiger partial charge >= 0.3 is 0 Å². The van der Waals surface area contributed by atoms with Gasteiger partial charge in [-0.05, 0) is 63.1 Å². The zero-order valence-electron chi connectivity index (χ0n) is 19.5. The van der Waals surface area contributed by atoms with Crippen LogP contribution in [-0.2, 0) is 14.3 Å². The van der Waals surface area contributed by atoms with Gasteiger partial charge in [0.05, 0.1) is 18.3 Å². The second-order valence-electron chi connectivity index (χ2n) is 9.07. The van der Waals surface area contributed by atoms with Crippen molar-refractivity contribution in [2.45, 2.75) is 53.6 Å². The van der Waals surface area contributed by atoms with Gasteiger partial charge in [-0.2, -0.15) is 0 Å². The summed E-state index contributed by atoms with van der Waals surface area (Å²) in [5, 5.41) is 0. The normalized spacial score (nSPS) is 22.1. The van der Waals surface area contributed by atoms with Crippen molar-refractivity contribution in [1.82, 2.24) is 9.80 Å². The Morgan fingerprint density at radius 1 is 1.03 bits per heavy atom. The Kier molecular flexibility index (Phi) is 7.76. The first kappa shape index (κ1) is 23.3. The van der Waals surface area contributed by atoms with Crippen LogP contribution < -0.4 is 4.74 Å². The van der Waals surface area contributed by atoms with E-state index in [-0.39, 0.29) is 17.9 Å². The molecule has 0 aromatic heterocycles. The highest BCUT2D eigenvalue weighted by Gasteiger charge is 2.42. The molecule has 1 aromatic carbocycles. The summed E-state index contributed by atoms with van der Waals surface area (Å²) in [5.41, 5.74) is 1.83. The Labute approximate surface area is 186 Å². The van der Waals surface area contributed by atoms with E-state index in [1.165, 1.54) is 4.90 Å². The molecule has 0 aliphatic carbocycles. The Bertz CT molecular complexity index is 805. The van der Waals surface area contributed by atoms with Gasteiger partial charge < -0.3 is 14.4 Å². The van der Waals surface area contributed by atoms with Crippen molar-refractivity contribution in [2.24, 2.45) is 11.8 Å². The highest BCUT2D eigenvalue weighted by molar-refractivity contribution is 6.35. The number of piperidine rings is 1. The number of rotatable bonds is 9. The molecule has 3 rings (SSSR count). The smallest absolute Gasteiger partial charge is 0.277 e. The lowest BCUT2D eigenvalue weighted by Gasteiger charge is -2.37. The summed E-state index contributed by atoms with van der Waals surface area (Å²) in [6, 6.07) is 7.49. The van der Waals surface area contributed by atoms with Crippen molar-refractivity contribution < 1.29 is 19.1 Å². The van der Waals surface area contributed by atoms with E-state index >= 15 is 0 Å². The van der Waals surface area contributed by atoms with Crippen LogP contribution >= 0.6 is 0 Å². The molecule has 2 aliphatic rings. The maximum atomic E-state index is 13.4. The van der Waals surface area contributed by atoms with Crippen LogP contribution in [0.25, 0.3) is 5.57 Å². The minimum atomic E-state index is -0.209. The molecule has 1 saturated heterocycles. The average Bonchev–Trinajstić information content (AvgIpc) is 2.95. The summed E-state index contributed by atoms with van der Waals surface area (Å²) >= 11 is 0. The first-order chi connectivity index (χ1) is 14.8. The number of hydrogen-bond donors (Lipinski definition) is 0. The van der Waals surface area contributed by atoms with Gasteiger partial charge in [0.1, 0.15) is 11.4 Å².